The molecule has 9 heteroatoms. The second-order valence-corrected chi connectivity index (χ2v) is 9.07. The van der Waals surface area contributed by atoms with Gasteiger partial charge in [0.15, 0.2) is 0 Å². The molecule has 0 unspecified atom stereocenters. The molecule has 1 amide bonds. The van der Waals surface area contributed by atoms with Crippen molar-refractivity contribution in [2.45, 2.75) is 58.1 Å². The van der Waals surface area contributed by atoms with Gasteiger partial charge in [-0.15, -0.1) is 11.3 Å². The summed E-state index contributed by atoms with van der Waals surface area (Å²) in [5.41, 5.74) is 0.857. The number of carbonyl (C=O) groups is 1. The number of nitrogens with zero attached hydrogens (tertiary/aromatic N) is 2. The first kappa shape index (κ1) is 20.3. The Kier molecular flexibility index (Phi) is 6.02. The Hall–Kier alpha value is -2.42. The molecule has 0 radical (unpaired) electrons. The third-order valence-corrected chi connectivity index (χ3v) is 5.70. The second kappa shape index (κ2) is 8.30. The first-order chi connectivity index (χ1) is 13.2. The zero-order valence-corrected chi connectivity index (χ0v) is 17.2. The molecule has 1 saturated carbocycles. The second-order valence-electron chi connectivity index (χ2n) is 8.16. The van der Waals surface area contributed by atoms with Crippen molar-refractivity contribution in [3.05, 3.63) is 27.8 Å². The zero-order valence-electron chi connectivity index (χ0n) is 16.4. The van der Waals surface area contributed by atoms with E-state index >= 15 is 0 Å². The van der Waals surface area contributed by atoms with Crippen LogP contribution in [0.2, 0.25) is 0 Å². The molecule has 1 aliphatic rings. The van der Waals surface area contributed by atoms with Gasteiger partial charge in [0.25, 0.3) is 0 Å². The molecule has 2 aromatic heterocycles. The summed E-state index contributed by atoms with van der Waals surface area (Å²) in [6.45, 7) is 6.11. The fourth-order valence-corrected chi connectivity index (χ4v) is 4.29. The lowest BCUT2D eigenvalue weighted by Crippen LogP contribution is -2.37. The minimum Gasteiger partial charge on any atom is -0.444 e. The number of alkyl carbamates (subject to hydrolysis) is 1. The number of ether oxygens (including phenoxy) is 1. The van der Waals surface area contributed by atoms with E-state index in [2.05, 4.69) is 15.6 Å². The first-order valence-corrected chi connectivity index (χ1v) is 10.3. The number of nitro groups is 1. The molecular formula is C19H26N4O4S. The molecule has 0 bridgehead atoms. The fraction of sp³-hybridized carbons (Fsp3) is 0.579. The summed E-state index contributed by atoms with van der Waals surface area (Å²) < 4.78 is 6.09. The van der Waals surface area contributed by atoms with Gasteiger partial charge in [-0.2, -0.15) is 0 Å². The van der Waals surface area contributed by atoms with E-state index in [1.165, 1.54) is 17.5 Å². The van der Waals surface area contributed by atoms with Crippen LogP contribution >= 0.6 is 11.3 Å². The Morgan fingerprint density at radius 3 is 2.71 bits per heavy atom. The molecule has 0 aliphatic heterocycles. The maximum absolute atomic E-state index is 11.8. The molecule has 2 N–H and O–H groups in total. The summed E-state index contributed by atoms with van der Waals surface area (Å²) in [6, 6.07) is 2.04. The fourth-order valence-electron chi connectivity index (χ4n) is 3.44. The summed E-state index contributed by atoms with van der Waals surface area (Å²) in [5, 5.41) is 19.5. The van der Waals surface area contributed by atoms with E-state index < -0.39 is 5.60 Å². The van der Waals surface area contributed by atoms with E-state index in [0.29, 0.717) is 18.2 Å². The van der Waals surface area contributed by atoms with Crippen molar-refractivity contribution < 1.29 is 14.5 Å². The quantitative estimate of drug-likeness (QED) is 0.551. The molecule has 152 valence electrons. The lowest BCUT2D eigenvalue weighted by atomic mass is 9.86. The minimum atomic E-state index is -0.502. The van der Waals surface area contributed by atoms with Crippen LogP contribution in [0.1, 0.15) is 46.5 Å². The highest BCUT2D eigenvalue weighted by molar-refractivity contribution is 7.17. The van der Waals surface area contributed by atoms with Crippen molar-refractivity contribution in [1.82, 2.24) is 10.3 Å². The number of thiophene rings is 1. The number of nitrogens with one attached hydrogen (secondary N) is 2. The normalized spacial score (nSPS) is 20.0. The predicted molar refractivity (Wildman–Crippen MR) is 110 cm³/mol. The highest BCUT2D eigenvalue weighted by Crippen LogP contribution is 2.37. The number of fused-ring (bicyclic) bond motifs is 1. The van der Waals surface area contributed by atoms with Gasteiger partial charge in [-0.25, -0.2) is 9.78 Å². The maximum atomic E-state index is 11.8. The SMILES string of the molecule is CC(C)(C)OC(=O)NCC1CCC(Nc2c([N+](=O)[O-])cnc3ccsc23)CC1. The number of aromatic nitrogens is 1. The van der Waals surface area contributed by atoms with Gasteiger partial charge in [0, 0.05) is 12.6 Å². The van der Waals surface area contributed by atoms with Gasteiger partial charge in [0.05, 0.1) is 15.1 Å². The average Bonchev–Trinajstić information content (AvgIpc) is 3.09. The molecule has 1 aliphatic carbocycles. The summed E-state index contributed by atoms with van der Waals surface area (Å²) in [4.78, 5) is 27.0. The van der Waals surface area contributed by atoms with E-state index in [1.54, 1.807) is 0 Å². The Morgan fingerprint density at radius 2 is 2.07 bits per heavy atom. The van der Waals surface area contributed by atoms with Crippen LogP contribution in [0.3, 0.4) is 0 Å². The van der Waals surface area contributed by atoms with Crippen molar-refractivity contribution in [3.8, 4) is 0 Å². The molecule has 28 heavy (non-hydrogen) atoms. The third-order valence-electron chi connectivity index (χ3n) is 4.78. The Balaban J connectivity index is 1.56. The van der Waals surface area contributed by atoms with Crippen molar-refractivity contribution in [2.75, 3.05) is 11.9 Å². The monoisotopic (exact) mass is 406 g/mol. The van der Waals surface area contributed by atoms with Gasteiger partial charge in [-0.1, -0.05) is 0 Å². The van der Waals surface area contributed by atoms with E-state index in [-0.39, 0.29) is 22.7 Å². The lowest BCUT2D eigenvalue weighted by Gasteiger charge is -2.30. The molecule has 3 rings (SSSR count). The van der Waals surface area contributed by atoms with Gasteiger partial charge < -0.3 is 15.4 Å². The number of rotatable bonds is 5. The molecule has 2 aromatic rings. The smallest absolute Gasteiger partial charge is 0.407 e. The van der Waals surface area contributed by atoms with Gasteiger partial charge in [0.2, 0.25) is 0 Å². The number of carbonyl (C=O) groups excluding carboxylic acids is 1. The zero-order chi connectivity index (χ0) is 20.3. The summed E-state index contributed by atoms with van der Waals surface area (Å²) in [6.07, 6.45) is 4.62. The third kappa shape index (κ3) is 5.09. The van der Waals surface area contributed by atoms with Crippen molar-refractivity contribution in [2.24, 2.45) is 5.92 Å². The van der Waals surface area contributed by atoms with Crippen LogP contribution in [0.5, 0.6) is 0 Å². The van der Waals surface area contributed by atoms with Crippen LogP contribution in [-0.2, 0) is 4.74 Å². The molecule has 0 spiro atoms. The summed E-state index contributed by atoms with van der Waals surface area (Å²) in [5.74, 6) is 0.389. The Labute approximate surface area is 167 Å². The predicted octanol–water partition coefficient (Wildman–Crippen LogP) is 4.70. The molecule has 0 atom stereocenters. The van der Waals surface area contributed by atoms with Gasteiger partial charge in [-0.3, -0.25) is 10.1 Å². The van der Waals surface area contributed by atoms with Crippen LogP contribution in [0.15, 0.2) is 17.6 Å². The molecule has 8 nitrogen and oxygen atoms in total. The van der Waals surface area contributed by atoms with E-state index in [0.717, 1.165) is 35.9 Å². The standard InChI is InChI=1S/C19H26N4O4S/c1-19(2,3)27-18(24)21-10-12-4-6-13(7-5-12)22-16-15(23(25)26)11-20-14-8-9-28-17(14)16/h8-9,11-13H,4-7,10H2,1-3H3,(H,20,22)(H,21,24). The minimum absolute atomic E-state index is 0.0173. The number of pyridine rings is 1. The number of amides is 1. The van der Waals surface area contributed by atoms with Crippen molar-refractivity contribution in [1.29, 1.82) is 0 Å². The highest BCUT2D eigenvalue weighted by Gasteiger charge is 2.26. The molecule has 0 aromatic carbocycles. The largest absolute Gasteiger partial charge is 0.444 e. The lowest BCUT2D eigenvalue weighted by molar-refractivity contribution is -0.384. The van der Waals surface area contributed by atoms with E-state index in [1.807, 2.05) is 32.2 Å². The maximum Gasteiger partial charge on any atom is 0.407 e. The van der Waals surface area contributed by atoms with Gasteiger partial charge in [0.1, 0.15) is 17.5 Å². The van der Waals surface area contributed by atoms with Crippen LogP contribution in [0.25, 0.3) is 10.2 Å². The Morgan fingerprint density at radius 1 is 1.36 bits per heavy atom. The van der Waals surface area contributed by atoms with Gasteiger partial charge in [-0.05, 0) is 63.8 Å². The molecule has 1 fully saturated rings. The molecule has 0 saturated heterocycles. The number of anilines is 1. The first-order valence-electron chi connectivity index (χ1n) is 9.47. The van der Waals surface area contributed by atoms with Crippen LogP contribution < -0.4 is 10.6 Å². The summed E-state index contributed by atoms with van der Waals surface area (Å²) in [7, 11) is 0. The highest BCUT2D eigenvalue weighted by atomic mass is 32.1. The van der Waals surface area contributed by atoms with Crippen molar-refractivity contribution in [3.63, 3.8) is 0 Å². The Bertz CT molecular complexity index is 853. The summed E-state index contributed by atoms with van der Waals surface area (Å²) >= 11 is 1.46. The topological polar surface area (TPSA) is 106 Å². The van der Waals surface area contributed by atoms with Crippen LogP contribution in [0, 0.1) is 16.0 Å². The average molecular weight is 407 g/mol. The van der Waals surface area contributed by atoms with Crippen LogP contribution in [0.4, 0.5) is 16.2 Å². The van der Waals surface area contributed by atoms with Crippen LogP contribution in [-0.4, -0.2) is 34.2 Å². The molecular weight excluding hydrogens is 380 g/mol. The number of hydrogen-bond donors (Lipinski definition) is 2. The molecule has 2 heterocycles. The van der Waals surface area contributed by atoms with E-state index in [4.69, 9.17) is 4.74 Å². The van der Waals surface area contributed by atoms with Gasteiger partial charge >= 0.3 is 11.8 Å². The number of hydrogen-bond acceptors (Lipinski definition) is 7. The van der Waals surface area contributed by atoms with Crippen molar-refractivity contribution >= 4 is 39.0 Å². The van der Waals surface area contributed by atoms with E-state index in [9.17, 15) is 14.9 Å².